The summed E-state index contributed by atoms with van der Waals surface area (Å²) in [6.45, 7) is 2.04. The summed E-state index contributed by atoms with van der Waals surface area (Å²) in [5.74, 6) is 2.71. The van der Waals surface area contributed by atoms with Crippen molar-refractivity contribution in [3.05, 3.63) is 11.6 Å². The Morgan fingerprint density at radius 1 is 1.62 bits per heavy atom. The Morgan fingerprint density at radius 3 is 2.92 bits per heavy atom. The Bertz CT molecular complexity index is 248. The van der Waals surface area contributed by atoms with Crippen LogP contribution in [0.2, 0.25) is 0 Å². The van der Waals surface area contributed by atoms with Gasteiger partial charge in [0.05, 0.1) is 6.04 Å². The van der Waals surface area contributed by atoms with Crippen molar-refractivity contribution in [3.63, 3.8) is 0 Å². The monoisotopic (exact) mass is 200 g/mol. The molecule has 0 aliphatic carbocycles. The van der Waals surface area contributed by atoms with Crippen LogP contribution >= 0.6 is 11.8 Å². The van der Waals surface area contributed by atoms with Crippen LogP contribution in [-0.4, -0.2) is 27.2 Å². The van der Waals surface area contributed by atoms with E-state index in [9.17, 15) is 0 Å². The van der Waals surface area contributed by atoms with Crippen LogP contribution in [-0.2, 0) is 6.42 Å². The fraction of sp³-hybridized carbons (Fsp3) is 0.750. The molecule has 0 aliphatic rings. The third-order valence-electron chi connectivity index (χ3n) is 1.85. The van der Waals surface area contributed by atoms with E-state index in [0.29, 0.717) is 0 Å². The van der Waals surface area contributed by atoms with Gasteiger partial charge in [-0.25, -0.2) is 4.98 Å². The first-order valence-electron chi connectivity index (χ1n) is 4.43. The molecule has 1 aromatic rings. The van der Waals surface area contributed by atoms with E-state index in [2.05, 4.69) is 21.4 Å². The maximum Gasteiger partial charge on any atom is 0.167 e. The van der Waals surface area contributed by atoms with E-state index in [1.54, 1.807) is 11.8 Å². The fourth-order valence-electron chi connectivity index (χ4n) is 1.01. The summed E-state index contributed by atoms with van der Waals surface area (Å²) in [6, 6.07) is -0.0241. The summed E-state index contributed by atoms with van der Waals surface area (Å²) in [7, 11) is 0. The normalized spacial score (nSPS) is 13.2. The molecule has 0 unspecified atom stereocenters. The van der Waals surface area contributed by atoms with Gasteiger partial charge in [-0.1, -0.05) is 6.92 Å². The third kappa shape index (κ3) is 3.00. The molecular weight excluding hydrogens is 184 g/mol. The predicted octanol–water partition coefficient (Wildman–Crippen LogP) is 1.12. The number of aryl methyl sites for hydroxylation is 1. The van der Waals surface area contributed by atoms with Crippen molar-refractivity contribution < 1.29 is 0 Å². The summed E-state index contributed by atoms with van der Waals surface area (Å²) >= 11 is 1.79. The predicted molar refractivity (Wildman–Crippen MR) is 55.7 cm³/mol. The molecule has 0 fully saturated rings. The summed E-state index contributed by atoms with van der Waals surface area (Å²) in [5.41, 5.74) is 5.89. The molecule has 4 nitrogen and oxygen atoms in total. The van der Waals surface area contributed by atoms with Crippen molar-refractivity contribution in [1.82, 2.24) is 15.2 Å². The highest BCUT2D eigenvalue weighted by atomic mass is 32.2. The molecule has 0 aromatic carbocycles. The van der Waals surface area contributed by atoms with Crippen LogP contribution in [0.4, 0.5) is 0 Å². The topological polar surface area (TPSA) is 67.6 Å². The number of aromatic amines is 1. The minimum absolute atomic E-state index is 0.0241. The summed E-state index contributed by atoms with van der Waals surface area (Å²) in [4.78, 5) is 4.28. The molecule has 0 amide bonds. The van der Waals surface area contributed by atoms with Gasteiger partial charge in [-0.2, -0.15) is 16.9 Å². The molecule has 3 N–H and O–H groups in total. The molecule has 74 valence electrons. The molecular formula is C8H16N4S. The first-order valence-corrected chi connectivity index (χ1v) is 5.83. The number of aromatic nitrogens is 3. The second-order valence-electron chi connectivity index (χ2n) is 2.88. The van der Waals surface area contributed by atoms with Gasteiger partial charge in [-0.05, 0) is 18.4 Å². The number of hydrogen-bond donors (Lipinski definition) is 2. The molecule has 1 rings (SSSR count). The van der Waals surface area contributed by atoms with E-state index in [-0.39, 0.29) is 6.04 Å². The number of H-pyrrole nitrogens is 1. The third-order valence-corrected chi connectivity index (χ3v) is 2.49. The molecule has 5 heteroatoms. The number of hydrogen-bond acceptors (Lipinski definition) is 4. The van der Waals surface area contributed by atoms with Crippen molar-refractivity contribution in [2.24, 2.45) is 5.73 Å². The van der Waals surface area contributed by atoms with E-state index in [1.165, 1.54) is 0 Å². The largest absolute Gasteiger partial charge is 0.321 e. The van der Waals surface area contributed by atoms with Gasteiger partial charge in [0.2, 0.25) is 0 Å². The van der Waals surface area contributed by atoms with Gasteiger partial charge in [-0.15, -0.1) is 0 Å². The zero-order valence-corrected chi connectivity index (χ0v) is 8.90. The Morgan fingerprint density at radius 2 is 2.38 bits per heavy atom. The lowest BCUT2D eigenvalue weighted by Crippen LogP contribution is -2.13. The van der Waals surface area contributed by atoms with Gasteiger partial charge < -0.3 is 5.73 Å². The van der Waals surface area contributed by atoms with E-state index >= 15 is 0 Å². The zero-order valence-electron chi connectivity index (χ0n) is 8.08. The average Bonchev–Trinajstić information content (AvgIpc) is 2.62. The summed E-state index contributed by atoms with van der Waals surface area (Å²) in [5, 5.41) is 6.93. The summed E-state index contributed by atoms with van der Waals surface area (Å²) < 4.78 is 0. The van der Waals surface area contributed by atoms with Gasteiger partial charge in [-0.3, -0.25) is 5.10 Å². The number of nitrogens with zero attached hydrogens (tertiary/aromatic N) is 2. The smallest absolute Gasteiger partial charge is 0.167 e. The first-order chi connectivity index (χ1) is 6.27. The Kier molecular flexibility index (Phi) is 4.24. The van der Waals surface area contributed by atoms with Crippen LogP contribution in [0, 0.1) is 0 Å². The van der Waals surface area contributed by atoms with E-state index in [4.69, 9.17) is 5.73 Å². The maximum atomic E-state index is 5.89. The number of nitrogens with two attached hydrogens (primary N) is 1. The van der Waals surface area contributed by atoms with Crippen LogP contribution in [0.25, 0.3) is 0 Å². The number of nitrogens with one attached hydrogen (secondary N) is 1. The molecule has 1 heterocycles. The van der Waals surface area contributed by atoms with Crippen molar-refractivity contribution in [2.45, 2.75) is 25.8 Å². The lowest BCUT2D eigenvalue weighted by molar-refractivity contribution is 0.657. The fourth-order valence-corrected chi connectivity index (χ4v) is 1.50. The molecule has 1 atom stereocenters. The SMILES string of the molecule is CCc1nc([C@H](N)CCSC)n[nH]1. The molecule has 1 aromatic heterocycles. The highest BCUT2D eigenvalue weighted by Gasteiger charge is 2.10. The highest BCUT2D eigenvalue weighted by molar-refractivity contribution is 7.98. The molecule has 0 saturated carbocycles. The summed E-state index contributed by atoms with van der Waals surface area (Å²) in [6.07, 6.45) is 3.88. The van der Waals surface area contributed by atoms with E-state index in [0.717, 1.165) is 30.2 Å². The van der Waals surface area contributed by atoms with E-state index in [1.807, 2.05) is 6.92 Å². The molecule has 0 radical (unpaired) electrons. The number of rotatable bonds is 5. The van der Waals surface area contributed by atoms with Crippen LogP contribution in [0.5, 0.6) is 0 Å². The van der Waals surface area contributed by atoms with Crippen LogP contribution in [0.3, 0.4) is 0 Å². The highest BCUT2D eigenvalue weighted by Crippen LogP contribution is 2.11. The van der Waals surface area contributed by atoms with Crippen molar-refractivity contribution in [3.8, 4) is 0 Å². The molecule has 0 aliphatic heterocycles. The number of thioether (sulfide) groups is 1. The quantitative estimate of drug-likeness (QED) is 0.747. The molecule has 13 heavy (non-hydrogen) atoms. The van der Waals surface area contributed by atoms with Crippen molar-refractivity contribution in [2.75, 3.05) is 12.0 Å². The van der Waals surface area contributed by atoms with Gasteiger partial charge in [0.25, 0.3) is 0 Å². The van der Waals surface area contributed by atoms with E-state index < -0.39 is 0 Å². The lowest BCUT2D eigenvalue weighted by atomic mass is 10.2. The standard InChI is InChI=1S/C8H16N4S/c1-3-7-10-8(12-11-7)6(9)4-5-13-2/h6H,3-5,9H2,1-2H3,(H,10,11,12)/t6-/m1/s1. The van der Waals surface area contributed by atoms with Gasteiger partial charge in [0.1, 0.15) is 5.82 Å². The zero-order chi connectivity index (χ0) is 9.68. The maximum absolute atomic E-state index is 5.89. The molecule has 0 bridgehead atoms. The van der Waals surface area contributed by atoms with Crippen molar-refractivity contribution in [1.29, 1.82) is 0 Å². The Balaban J connectivity index is 2.50. The molecule has 0 saturated heterocycles. The van der Waals surface area contributed by atoms with Crippen LogP contribution in [0.15, 0.2) is 0 Å². The Hall–Kier alpha value is -0.550. The minimum atomic E-state index is -0.0241. The lowest BCUT2D eigenvalue weighted by Gasteiger charge is -2.04. The van der Waals surface area contributed by atoms with Gasteiger partial charge in [0, 0.05) is 6.42 Å². The molecule has 0 spiro atoms. The average molecular weight is 200 g/mol. The van der Waals surface area contributed by atoms with Crippen molar-refractivity contribution >= 4 is 11.8 Å². The second kappa shape index (κ2) is 5.24. The minimum Gasteiger partial charge on any atom is -0.321 e. The first kappa shape index (κ1) is 10.5. The van der Waals surface area contributed by atoms with Gasteiger partial charge >= 0.3 is 0 Å². The Labute approximate surface area is 82.7 Å². The van der Waals surface area contributed by atoms with Gasteiger partial charge in [0.15, 0.2) is 5.82 Å². The van der Waals surface area contributed by atoms with Crippen LogP contribution in [0.1, 0.15) is 31.0 Å². The second-order valence-corrected chi connectivity index (χ2v) is 3.87. The van der Waals surface area contributed by atoms with Crippen LogP contribution < -0.4 is 5.73 Å².